The summed E-state index contributed by atoms with van der Waals surface area (Å²) in [5, 5.41) is 5.09. The van der Waals surface area contributed by atoms with Crippen LogP contribution in [0.15, 0.2) is 53.6 Å². The Labute approximate surface area is 173 Å². The molecular weight excluding hydrogens is 421 g/mol. The third-order valence-corrected chi connectivity index (χ3v) is 6.40. The van der Waals surface area contributed by atoms with Crippen molar-refractivity contribution >= 4 is 39.4 Å². The van der Waals surface area contributed by atoms with E-state index in [1.165, 1.54) is 40.8 Å². The largest absolute Gasteiger partial charge is 0.379 e. The molecular formula is C19H19ClFN3O4S. The molecule has 10 heteroatoms. The Bertz CT molecular complexity index is 1020. The fourth-order valence-corrected chi connectivity index (χ4v) is 4.27. The summed E-state index contributed by atoms with van der Waals surface area (Å²) in [7, 11) is -3.73. The first kappa shape index (κ1) is 21.3. The smallest absolute Gasteiger partial charge is 0.323 e. The highest BCUT2D eigenvalue weighted by Crippen LogP contribution is 2.27. The van der Waals surface area contributed by atoms with Gasteiger partial charge in [0.25, 0.3) is 0 Å². The number of rotatable bonds is 5. The molecule has 2 N–H and O–H groups in total. The predicted molar refractivity (Wildman–Crippen MR) is 109 cm³/mol. The Kier molecular flexibility index (Phi) is 6.86. The minimum Gasteiger partial charge on any atom is -0.379 e. The maximum Gasteiger partial charge on any atom is 0.323 e. The Morgan fingerprint density at radius 3 is 2.62 bits per heavy atom. The average Bonchev–Trinajstić information content (AvgIpc) is 2.71. The van der Waals surface area contributed by atoms with Crippen LogP contribution in [0.25, 0.3) is 6.08 Å². The van der Waals surface area contributed by atoms with Gasteiger partial charge in [-0.05, 0) is 30.3 Å². The summed E-state index contributed by atoms with van der Waals surface area (Å²) in [4.78, 5) is 12.1. The van der Waals surface area contributed by atoms with Crippen molar-refractivity contribution in [1.82, 2.24) is 9.62 Å². The van der Waals surface area contributed by atoms with Gasteiger partial charge in [0, 0.05) is 24.9 Å². The van der Waals surface area contributed by atoms with Gasteiger partial charge in [-0.3, -0.25) is 0 Å². The zero-order chi connectivity index (χ0) is 20.9. The van der Waals surface area contributed by atoms with E-state index >= 15 is 0 Å². The molecule has 1 saturated heterocycles. The standard InChI is InChI=1S/C19H19ClFN3O4S/c20-16-6-5-15(29(26,27)24-9-11-28-12-10-24)13-18(16)23-19(25)22-8-7-14-3-1-2-4-17(14)21/h1-8,13H,9-12H2,(H2,22,23,25)/b8-7+. The van der Waals surface area contributed by atoms with Crippen molar-refractivity contribution in [2.75, 3.05) is 31.6 Å². The van der Waals surface area contributed by atoms with Crippen LogP contribution in [0.5, 0.6) is 0 Å². The van der Waals surface area contributed by atoms with E-state index in [-0.39, 0.29) is 28.7 Å². The highest BCUT2D eigenvalue weighted by atomic mass is 35.5. The number of nitrogens with one attached hydrogen (secondary N) is 2. The highest BCUT2D eigenvalue weighted by molar-refractivity contribution is 7.89. The number of hydrogen-bond acceptors (Lipinski definition) is 4. The number of anilines is 1. The molecule has 7 nitrogen and oxygen atoms in total. The molecule has 2 aromatic rings. The van der Waals surface area contributed by atoms with Crippen molar-refractivity contribution in [2.45, 2.75) is 4.90 Å². The zero-order valence-electron chi connectivity index (χ0n) is 15.3. The molecule has 0 aliphatic carbocycles. The molecule has 0 radical (unpaired) electrons. The van der Waals surface area contributed by atoms with Gasteiger partial charge < -0.3 is 15.4 Å². The van der Waals surface area contributed by atoms with Gasteiger partial charge in [0.15, 0.2) is 0 Å². The summed E-state index contributed by atoms with van der Waals surface area (Å²) < 4.78 is 45.6. The van der Waals surface area contributed by atoms with Gasteiger partial charge in [0.2, 0.25) is 10.0 Å². The Morgan fingerprint density at radius 1 is 1.17 bits per heavy atom. The van der Waals surface area contributed by atoms with Crippen LogP contribution in [0.3, 0.4) is 0 Å². The van der Waals surface area contributed by atoms with Gasteiger partial charge in [-0.2, -0.15) is 4.31 Å². The van der Waals surface area contributed by atoms with Crippen LogP contribution >= 0.6 is 11.6 Å². The fourth-order valence-electron chi connectivity index (χ4n) is 2.67. The molecule has 1 fully saturated rings. The van der Waals surface area contributed by atoms with Gasteiger partial charge in [-0.25, -0.2) is 17.6 Å². The van der Waals surface area contributed by atoms with E-state index < -0.39 is 21.9 Å². The summed E-state index contributed by atoms with van der Waals surface area (Å²) >= 11 is 6.09. The minimum absolute atomic E-state index is 0.0148. The number of urea groups is 1. The lowest BCUT2D eigenvalue weighted by atomic mass is 10.2. The van der Waals surface area contributed by atoms with Gasteiger partial charge in [0.05, 0.1) is 28.8 Å². The molecule has 0 bridgehead atoms. The predicted octanol–water partition coefficient (Wildman–Crippen LogP) is 3.29. The van der Waals surface area contributed by atoms with Crippen LogP contribution in [-0.2, 0) is 14.8 Å². The third-order valence-electron chi connectivity index (χ3n) is 4.18. The van der Waals surface area contributed by atoms with Crippen LogP contribution in [0.2, 0.25) is 5.02 Å². The minimum atomic E-state index is -3.73. The molecule has 29 heavy (non-hydrogen) atoms. The lowest BCUT2D eigenvalue weighted by Gasteiger charge is -2.26. The number of carbonyl (C=O) groups is 1. The van der Waals surface area contributed by atoms with Crippen LogP contribution in [0.4, 0.5) is 14.9 Å². The summed E-state index contributed by atoms with van der Waals surface area (Å²) in [6.07, 6.45) is 2.67. The highest BCUT2D eigenvalue weighted by Gasteiger charge is 2.27. The van der Waals surface area contributed by atoms with E-state index in [1.54, 1.807) is 18.2 Å². The van der Waals surface area contributed by atoms with Crippen LogP contribution in [-0.4, -0.2) is 45.1 Å². The molecule has 154 valence electrons. The first-order chi connectivity index (χ1) is 13.9. The van der Waals surface area contributed by atoms with Crippen molar-refractivity contribution < 1.29 is 22.3 Å². The number of sulfonamides is 1. The molecule has 1 aliphatic rings. The van der Waals surface area contributed by atoms with Crippen molar-refractivity contribution in [3.63, 3.8) is 0 Å². The Morgan fingerprint density at radius 2 is 1.90 bits per heavy atom. The van der Waals surface area contributed by atoms with Crippen molar-refractivity contribution in [3.8, 4) is 0 Å². The summed E-state index contributed by atoms with van der Waals surface area (Å²) in [6.45, 7) is 1.17. The van der Waals surface area contributed by atoms with E-state index in [0.29, 0.717) is 18.8 Å². The number of halogens is 2. The van der Waals surface area contributed by atoms with Gasteiger partial charge in [-0.15, -0.1) is 0 Å². The average molecular weight is 440 g/mol. The number of ether oxygens (including phenoxy) is 1. The normalized spacial score (nSPS) is 15.4. The number of morpholine rings is 1. The fraction of sp³-hybridized carbons (Fsp3) is 0.211. The van der Waals surface area contributed by atoms with E-state index in [0.717, 1.165) is 0 Å². The second-order valence-corrected chi connectivity index (χ2v) is 8.46. The molecule has 1 aliphatic heterocycles. The monoisotopic (exact) mass is 439 g/mol. The van der Waals surface area contributed by atoms with Crippen LogP contribution < -0.4 is 10.6 Å². The summed E-state index contributed by atoms with van der Waals surface area (Å²) in [6, 6.07) is 9.53. The van der Waals surface area contributed by atoms with E-state index in [2.05, 4.69) is 10.6 Å². The van der Waals surface area contributed by atoms with Gasteiger partial charge in [-0.1, -0.05) is 29.8 Å². The van der Waals surface area contributed by atoms with Crippen molar-refractivity contribution in [3.05, 3.63) is 65.1 Å². The maximum atomic E-state index is 13.6. The van der Waals surface area contributed by atoms with Crippen LogP contribution in [0.1, 0.15) is 5.56 Å². The second kappa shape index (κ2) is 9.36. The molecule has 0 spiro atoms. The first-order valence-electron chi connectivity index (χ1n) is 8.74. The van der Waals surface area contributed by atoms with Crippen molar-refractivity contribution in [1.29, 1.82) is 0 Å². The summed E-state index contributed by atoms with van der Waals surface area (Å²) in [5.41, 5.74) is 0.447. The molecule has 0 saturated carbocycles. The number of nitrogens with zero attached hydrogens (tertiary/aromatic N) is 1. The number of carbonyl (C=O) groups excluding carboxylic acids is 1. The Balaban J connectivity index is 1.70. The lowest BCUT2D eigenvalue weighted by Crippen LogP contribution is -2.40. The quantitative estimate of drug-likeness (QED) is 0.748. The topological polar surface area (TPSA) is 87.7 Å². The molecule has 3 rings (SSSR count). The molecule has 0 aromatic heterocycles. The van der Waals surface area contributed by atoms with Gasteiger partial charge in [0.1, 0.15) is 5.82 Å². The van der Waals surface area contributed by atoms with E-state index in [9.17, 15) is 17.6 Å². The lowest BCUT2D eigenvalue weighted by molar-refractivity contribution is 0.0730. The SMILES string of the molecule is O=C(N/C=C/c1ccccc1F)Nc1cc(S(=O)(=O)N2CCOCC2)ccc1Cl. The molecule has 0 atom stereocenters. The van der Waals surface area contributed by atoms with E-state index in [4.69, 9.17) is 16.3 Å². The number of hydrogen-bond donors (Lipinski definition) is 2. The molecule has 0 unspecified atom stereocenters. The van der Waals surface area contributed by atoms with Crippen molar-refractivity contribution in [2.24, 2.45) is 0 Å². The summed E-state index contributed by atoms with van der Waals surface area (Å²) in [5.74, 6) is -0.421. The molecule has 2 aromatic carbocycles. The third kappa shape index (κ3) is 5.33. The molecule has 1 heterocycles. The van der Waals surface area contributed by atoms with Crippen LogP contribution in [0, 0.1) is 5.82 Å². The molecule has 2 amide bonds. The second-order valence-electron chi connectivity index (χ2n) is 6.11. The number of amides is 2. The Hall–Kier alpha value is -2.46. The van der Waals surface area contributed by atoms with E-state index in [1.807, 2.05) is 0 Å². The van der Waals surface area contributed by atoms with Gasteiger partial charge >= 0.3 is 6.03 Å². The maximum absolute atomic E-state index is 13.6. The zero-order valence-corrected chi connectivity index (χ0v) is 16.8. The first-order valence-corrected chi connectivity index (χ1v) is 10.6. The number of benzene rings is 2.